The number of methoxy groups -OCH3 is 1. The number of anilines is 1. The number of nitrogens with zero attached hydrogens (tertiary/aromatic N) is 2. The van der Waals surface area contributed by atoms with Crippen molar-refractivity contribution < 1.29 is 4.74 Å². The van der Waals surface area contributed by atoms with Gasteiger partial charge in [-0.25, -0.2) is 0 Å². The molecule has 1 aliphatic rings. The van der Waals surface area contributed by atoms with E-state index >= 15 is 0 Å². The summed E-state index contributed by atoms with van der Waals surface area (Å²) >= 11 is 0. The van der Waals surface area contributed by atoms with Gasteiger partial charge in [0.05, 0.1) is 18.5 Å². The highest BCUT2D eigenvalue weighted by atomic mass is 16.5. The molecule has 1 fully saturated rings. The summed E-state index contributed by atoms with van der Waals surface area (Å²) in [4.78, 5) is 6.76. The molecule has 1 aromatic heterocycles. The third-order valence-electron chi connectivity index (χ3n) is 4.30. The number of hydrogen-bond acceptors (Lipinski definition) is 4. The Morgan fingerprint density at radius 3 is 2.70 bits per heavy atom. The summed E-state index contributed by atoms with van der Waals surface area (Å²) in [5.74, 6) is 0.976. The number of rotatable bonds is 6. The largest absolute Gasteiger partial charge is 0.495 e. The first-order valence-corrected chi connectivity index (χ1v) is 8.39. The maximum atomic E-state index is 5.62. The van der Waals surface area contributed by atoms with Crippen LogP contribution in [0, 0.1) is 0 Å². The summed E-state index contributed by atoms with van der Waals surface area (Å²) in [6.45, 7) is 3.85. The van der Waals surface area contributed by atoms with Crippen LogP contribution < -0.4 is 15.0 Å². The first-order valence-electron chi connectivity index (χ1n) is 8.39. The molecule has 4 heteroatoms. The standard InChI is InChI=1S/C19H25N3O/c1-23-19-13-16(14-20-15-17-7-3-4-10-21-17)8-9-18(19)22-11-5-2-6-12-22/h3-4,7-10,13,20H,2,5-6,11-12,14-15H2,1H3. The zero-order chi connectivity index (χ0) is 15.9. The molecule has 1 N–H and O–H groups in total. The van der Waals surface area contributed by atoms with Gasteiger partial charge in [0.15, 0.2) is 0 Å². The summed E-state index contributed by atoms with van der Waals surface area (Å²) in [6, 6.07) is 12.5. The molecule has 1 aliphatic heterocycles. The monoisotopic (exact) mass is 311 g/mol. The second kappa shape index (κ2) is 7.97. The summed E-state index contributed by atoms with van der Waals surface area (Å²) in [7, 11) is 1.76. The summed E-state index contributed by atoms with van der Waals surface area (Å²) in [6.07, 6.45) is 5.72. The lowest BCUT2D eigenvalue weighted by Gasteiger charge is -2.30. The molecule has 0 bridgehead atoms. The fourth-order valence-electron chi connectivity index (χ4n) is 3.07. The molecule has 23 heavy (non-hydrogen) atoms. The Morgan fingerprint density at radius 1 is 1.09 bits per heavy atom. The van der Waals surface area contributed by atoms with Gasteiger partial charge in [-0.15, -0.1) is 0 Å². The summed E-state index contributed by atoms with van der Waals surface area (Å²) < 4.78 is 5.62. The van der Waals surface area contributed by atoms with Crippen LogP contribution in [-0.4, -0.2) is 25.2 Å². The van der Waals surface area contributed by atoms with Crippen LogP contribution in [0.1, 0.15) is 30.5 Å². The number of piperidine rings is 1. The second-order valence-corrected chi connectivity index (χ2v) is 5.98. The average Bonchev–Trinajstić information content (AvgIpc) is 2.63. The van der Waals surface area contributed by atoms with Gasteiger partial charge in [-0.1, -0.05) is 12.1 Å². The molecule has 2 heterocycles. The van der Waals surface area contributed by atoms with Gasteiger partial charge < -0.3 is 15.0 Å². The molecule has 4 nitrogen and oxygen atoms in total. The molecule has 0 saturated carbocycles. The van der Waals surface area contributed by atoms with Crippen LogP contribution in [0.4, 0.5) is 5.69 Å². The Balaban J connectivity index is 1.62. The van der Waals surface area contributed by atoms with Crippen molar-refractivity contribution in [1.29, 1.82) is 0 Å². The lowest BCUT2D eigenvalue weighted by molar-refractivity contribution is 0.412. The van der Waals surface area contributed by atoms with E-state index in [-0.39, 0.29) is 0 Å². The minimum absolute atomic E-state index is 0.775. The number of aromatic nitrogens is 1. The quantitative estimate of drug-likeness (QED) is 0.887. The molecule has 3 rings (SSSR count). The molecule has 1 aromatic carbocycles. The maximum absolute atomic E-state index is 5.62. The van der Waals surface area contributed by atoms with E-state index in [0.717, 1.165) is 37.6 Å². The van der Waals surface area contributed by atoms with Crippen LogP contribution in [0.3, 0.4) is 0 Å². The summed E-state index contributed by atoms with van der Waals surface area (Å²) in [5, 5.41) is 3.44. The number of ether oxygens (including phenoxy) is 1. The van der Waals surface area contributed by atoms with Crippen molar-refractivity contribution in [2.75, 3.05) is 25.1 Å². The van der Waals surface area contributed by atoms with Gasteiger partial charge in [0.25, 0.3) is 0 Å². The van der Waals surface area contributed by atoms with Crippen molar-refractivity contribution in [3.8, 4) is 5.75 Å². The molecule has 0 spiro atoms. The minimum atomic E-state index is 0.775. The molecular formula is C19H25N3O. The van der Waals surface area contributed by atoms with Crippen LogP contribution in [-0.2, 0) is 13.1 Å². The van der Waals surface area contributed by atoms with Crippen LogP contribution in [0.25, 0.3) is 0 Å². The molecule has 0 aliphatic carbocycles. The highest BCUT2D eigenvalue weighted by Crippen LogP contribution is 2.31. The number of nitrogens with one attached hydrogen (secondary N) is 1. The molecule has 2 aromatic rings. The van der Waals surface area contributed by atoms with Gasteiger partial charge in [0.1, 0.15) is 5.75 Å². The molecule has 0 amide bonds. The Hall–Kier alpha value is -2.07. The van der Waals surface area contributed by atoms with Gasteiger partial charge >= 0.3 is 0 Å². The van der Waals surface area contributed by atoms with Crippen LogP contribution in [0.15, 0.2) is 42.6 Å². The van der Waals surface area contributed by atoms with Crippen LogP contribution >= 0.6 is 0 Å². The van der Waals surface area contributed by atoms with Crippen molar-refractivity contribution >= 4 is 5.69 Å². The second-order valence-electron chi connectivity index (χ2n) is 5.98. The molecule has 0 unspecified atom stereocenters. The third kappa shape index (κ3) is 4.23. The smallest absolute Gasteiger partial charge is 0.142 e. The van der Waals surface area contributed by atoms with Crippen molar-refractivity contribution in [3.63, 3.8) is 0 Å². The van der Waals surface area contributed by atoms with Crippen molar-refractivity contribution in [3.05, 3.63) is 53.9 Å². The normalized spacial score (nSPS) is 14.7. The Bertz CT molecular complexity index is 609. The van der Waals surface area contributed by atoms with E-state index in [0.29, 0.717) is 0 Å². The van der Waals surface area contributed by atoms with E-state index in [1.165, 1.54) is 30.5 Å². The van der Waals surface area contributed by atoms with Crippen molar-refractivity contribution in [1.82, 2.24) is 10.3 Å². The van der Waals surface area contributed by atoms with Gasteiger partial charge in [-0.2, -0.15) is 0 Å². The first-order chi connectivity index (χ1) is 11.4. The van der Waals surface area contributed by atoms with E-state index in [1.807, 2.05) is 24.4 Å². The number of hydrogen-bond donors (Lipinski definition) is 1. The Kier molecular flexibility index (Phi) is 5.48. The zero-order valence-corrected chi connectivity index (χ0v) is 13.8. The van der Waals surface area contributed by atoms with Gasteiger partial charge in [-0.3, -0.25) is 4.98 Å². The predicted octanol–water partition coefficient (Wildman–Crippen LogP) is 3.37. The molecule has 0 atom stereocenters. The molecular weight excluding hydrogens is 286 g/mol. The zero-order valence-electron chi connectivity index (χ0n) is 13.8. The van der Waals surface area contributed by atoms with E-state index < -0.39 is 0 Å². The van der Waals surface area contributed by atoms with Crippen molar-refractivity contribution in [2.24, 2.45) is 0 Å². The van der Waals surface area contributed by atoms with Crippen LogP contribution in [0.5, 0.6) is 5.75 Å². The lowest BCUT2D eigenvalue weighted by atomic mass is 10.1. The Morgan fingerprint density at radius 2 is 1.96 bits per heavy atom. The number of pyridine rings is 1. The highest BCUT2D eigenvalue weighted by molar-refractivity contribution is 5.60. The Labute approximate surface area is 138 Å². The fraction of sp³-hybridized carbons (Fsp3) is 0.421. The van der Waals surface area contributed by atoms with E-state index in [9.17, 15) is 0 Å². The van der Waals surface area contributed by atoms with E-state index in [1.54, 1.807) is 7.11 Å². The molecule has 1 saturated heterocycles. The topological polar surface area (TPSA) is 37.4 Å². The van der Waals surface area contributed by atoms with Crippen LogP contribution in [0.2, 0.25) is 0 Å². The van der Waals surface area contributed by atoms with Gasteiger partial charge in [-0.05, 0) is 49.1 Å². The van der Waals surface area contributed by atoms with Crippen molar-refractivity contribution in [2.45, 2.75) is 32.4 Å². The van der Waals surface area contributed by atoms with E-state index in [4.69, 9.17) is 4.74 Å². The average molecular weight is 311 g/mol. The maximum Gasteiger partial charge on any atom is 0.142 e. The first kappa shape index (κ1) is 15.8. The lowest BCUT2D eigenvalue weighted by Crippen LogP contribution is -2.29. The number of benzene rings is 1. The highest BCUT2D eigenvalue weighted by Gasteiger charge is 2.15. The molecule has 0 radical (unpaired) electrons. The van der Waals surface area contributed by atoms with Gasteiger partial charge in [0, 0.05) is 32.4 Å². The predicted molar refractivity (Wildman–Crippen MR) is 93.8 cm³/mol. The summed E-state index contributed by atoms with van der Waals surface area (Å²) in [5.41, 5.74) is 3.52. The van der Waals surface area contributed by atoms with Gasteiger partial charge in [0.2, 0.25) is 0 Å². The SMILES string of the molecule is COc1cc(CNCc2ccccn2)ccc1N1CCCCC1. The van der Waals surface area contributed by atoms with E-state index in [2.05, 4.69) is 33.4 Å². The third-order valence-corrected chi connectivity index (χ3v) is 4.30. The fourth-order valence-corrected chi connectivity index (χ4v) is 3.07. The molecule has 122 valence electrons. The minimum Gasteiger partial charge on any atom is -0.495 e.